The van der Waals surface area contributed by atoms with Gasteiger partial charge in [-0.15, -0.1) is 11.8 Å². The number of rotatable bonds is 1. The second-order valence-corrected chi connectivity index (χ2v) is 4.27. The van der Waals surface area contributed by atoms with Crippen LogP contribution in [0.1, 0.15) is 0 Å². The third-order valence-corrected chi connectivity index (χ3v) is 3.74. The molecular formula is C7H12O4S. The van der Waals surface area contributed by atoms with E-state index in [1.54, 1.807) is 18.9 Å². The molecule has 70 valence electrons. The van der Waals surface area contributed by atoms with E-state index in [9.17, 15) is 10.2 Å². The van der Waals surface area contributed by atoms with Crippen LogP contribution in [0.3, 0.4) is 0 Å². The molecule has 3 saturated heterocycles. The van der Waals surface area contributed by atoms with Crippen molar-refractivity contribution >= 4 is 11.8 Å². The number of aliphatic hydroxyl groups is 2. The number of thioether (sulfide) groups is 1. The number of hydrogen-bond donors (Lipinski definition) is 2. The van der Waals surface area contributed by atoms with Gasteiger partial charge in [-0.3, -0.25) is 0 Å². The SMILES string of the molecule is CO[C@H]1O[C@@H]2CS[C@H]1[C@@H](O)[C@@H]2O. The van der Waals surface area contributed by atoms with Crippen molar-refractivity contribution in [1.82, 2.24) is 0 Å². The molecular weight excluding hydrogens is 180 g/mol. The van der Waals surface area contributed by atoms with Crippen LogP contribution in [0, 0.1) is 0 Å². The van der Waals surface area contributed by atoms with Crippen molar-refractivity contribution in [3.8, 4) is 0 Å². The van der Waals surface area contributed by atoms with Gasteiger partial charge in [0.25, 0.3) is 0 Å². The average molecular weight is 192 g/mol. The van der Waals surface area contributed by atoms with Crippen LogP contribution >= 0.6 is 11.8 Å². The van der Waals surface area contributed by atoms with E-state index in [1.807, 2.05) is 0 Å². The van der Waals surface area contributed by atoms with Gasteiger partial charge in [0.2, 0.25) is 0 Å². The Labute approximate surface area is 74.9 Å². The van der Waals surface area contributed by atoms with Crippen LogP contribution in [0.4, 0.5) is 0 Å². The van der Waals surface area contributed by atoms with E-state index in [0.29, 0.717) is 0 Å². The number of hydrogen-bond acceptors (Lipinski definition) is 5. The zero-order valence-electron chi connectivity index (χ0n) is 6.71. The van der Waals surface area contributed by atoms with Gasteiger partial charge in [-0.25, -0.2) is 0 Å². The molecule has 0 unspecified atom stereocenters. The highest BCUT2D eigenvalue weighted by molar-refractivity contribution is 8.00. The quantitative estimate of drug-likeness (QED) is 0.569. The Kier molecular flexibility index (Phi) is 2.31. The van der Waals surface area contributed by atoms with Gasteiger partial charge < -0.3 is 19.7 Å². The predicted octanol–water partition coefficient (Wildman–Crippen LogP) is -0.805. The van der Waals surface area contributed by atoms with Gasteiger partial charge >= 0.3 is 0 Å². The Bertz CT molecular complexity index is 173. The largest absolute Gasteiger partial charge is 0.389 e. The van der Waals surface area contributed by atoms with Crippen molar-refractivity contribution in [3.63, 3.8) is 0 Å². The highest BCUT2D eigenvalue weighted by atomic mass is 32.2. The molecule has 3 fully saturated rings. The lowest BCUT2D eigenvalue weighted by molar-refractivity contribution is -0.236. The third-order valence-electron chi connectivity index (χ3n) is 2.33. The lowest BCUT2D eigenvalue weighted by Crippen LogP contribution is -2.61. The molecule has 2 bridgehead atoms. The standard InChI is InChI=1S/C7H12O4S/c1-10-7-6-5(9)4(8)3(11-7)2-12-6/h3-9H,2H2,1H3/t3-,4-,5+,6+,7+/m1/s1. The second-order valence-electron chi connectivity index (χ2n) is 3.06. The number of aliphatic hydroxyl groups excluding tert-OH is 2. The van der Waals surface area contributed by atoms with Crippen molar-refractivity contribution in [2.75, 3.05) is 12.9 Å². The first-order valence-corrected chi connectivity index (χ1v) is 4.95. The monoisotopic (exact) mass is 192 g/mol. The summed E-state index contributed by atoms with van der Waals surface area (Å²) in [6.45, 7) is 0. The fraction of sp³-hybridized carbons (Fsp3) is 1.00. The van der Waals surface area contributed by atoms with Gasteiger partial charge in [-0.1, -0.05) is 0 Å². The molecule has 0 radical (unpaired) electrons. The Balaban J connectivity index is 2.12. The number of fused-ring (bicyclic) bond motifs is 3. The maximum atomic E-state index is 9.54. The molecule has 0 aliphatic carbocycles. The van der Waals surface area contributed by atoms with Crippen LogP contribution < -0.4 is 0 Å². The summed E-state index contributed by atoms with van der Waals surface area (Å²) in [5.41, 5.74) is 0. The summed E-state index contributed by atoms with van der Waals surface area (Å²) >= 11 is 1.60. The average Bonchev–Trinajstić information content (AvgIpc) is 2.12. The number of methoxy groups -OCH3 is 1. The van der Waals surface area contributed by atoms with E-state index in [4.69, 9.17) is 9.47 Å². The predicted molar refractivity (Wildman–Crippen MR) is 43.9 cm³/mol. The molecule has 3 rings (SSSR count). The summed E-state index contributed by atoms with van der Waals surface area (Å²) in [5.74, 6) is 0.739. The maximum absolute atomic E-state index is 9.54. The third kappa shape index (κ3) is 1.16. The first kappa shape index (κ1) is 8.77. The molecule has 0 aromatic heterocycles. The fourth-order valence-electron chi connectivity index (χ4n) is 1.62. The number of ether oxygens (including phenoxy) is 2. The molecule has 5 atom stereocenters. The van der Waals surface area contributed by atoms with Crippen molar-refractivity contribution < 1.29 is 19.7 Å². The lowest BCUT2D eigenvalue weighted by atomic mass is 10.0. The summed E-state index contributed by atoms with van der Waals surface area (Å²) in [6.07, 6.45) is -2.11. The summed E-state index contributed by atoms with van der Waals surface area (Å²) < 4.78 is 10.4. The van der Waals surface area contributed by atoms with Crippen LogP contribution in [-0.2, 0) is 9.47 Å². The summed E-state index contributed by atoms with van der Waals surface area (Å²) in [4.78, 5) is 0. The molecule has 12 heavy (non-hydrogen) atoms. The van der Waals surface area contributed by atoms with Crippen LogP contribution in [0.25, 0.3) is 0 Å². The first-order chi connectivity index (χ1) is 5.74. The van der Waals surface area contributed by atoms with E-state index < -0.39 is 12.2 Å². The van der Waals surface area contributed by atoms with Crippen molar-refractivity contribution in [3.05, 3.63) is 0 Å². The Morgan fingerprint density at radius 3 is 2.75 bits per heavy atom. The first-order valence-electron chi connectivity index (χ1n) is 3.90. The topological polar surface area (TPSA) is 58.9 Å². The van der Waals surface area contributed by atoms with Gasteiger partial charge in [-0.05, 0) is 0 Å². The van der Waals surface area contributed by atoms with Crippen LogP contribution in [0.15, 0.2) is 0 Å². The minimum Gasteiger partial charge on any atom is -0.389 e. The van der Waals surface area contributed by atoms with Crippen molar-refractivity contribution in [2.24, 2.45) is 0 Å². The molecule has 2 N–H and O–H groups in total. The van der Waals surface area contributed by atoms with E-state index in [-0.39, 0.29) is 17.6 Å². The highest BCUT2D eigenvalue weighted by Crippen LogP contribution is 2.37. The molecule has 0 aromatic carbocycles. The zero-order valence-corrected chi connectivity index (χ0v) is 7.53. The van der Waals surface area contributed by atoms with Gasteiger partial charge in [0.05, 0.1) is 17.5 Å². The van der Waals surface area contributed by atoms with Gasteiger partial charge in [0.1, 0.15) is 6.10 Å². The summed E-state index contributed by atoms with van der Waals surface area (Å²) in [5, 5.41) is 18.8. The van der Waals surface area contributed by atoms with Crippen LogP contribution in [0.2, 0.25) is 0 Å². The fourth-order valence-corrected chi connectivity index (χ4v) is 2.99. The molecule has 3 aliphatic heterocycles. The normalized spacial score (nSPS) is 52.8. The summed E-state index contributed by atoms with van der Waals surface area (Å²) in [6, 6.07) is 0. The Hall–Kier alpha value is 0.190. The van der Waals surface area contributed by atoms with Gasteiger partial charge in [-0.2, -0.15) is 0 Å². The molecule has 0 spiro atoms. The minimum absolute atomic E-state index is 0.144. The zero-order chi connectivity index (χ0) is 8.72. The molecule has 3 heterocycles. The van der Waals surface area contributed by atoms with Gasteiger partial charge in [0, 0.05) is 12.9 Å². The van der Waals surface area contributed by atoms with Crippen molar-refractivity contribution in [2.45, 2.75) is 29.9 Å². The summed E-state index contributed by atoms with van der Waals surface area (Å²) in [7, 11) is 1.55. The lowest BCUT2D eigenvalue weighted by Gasteiger charge is -2.46. The van der Waals surface area contributed by atoms with E-state index in [1.165, 1.54) is 0 Å². The van der Waals surface area contributed by atoms with E-state index in [2.05, 4.69) is 0 Å². The van der Waals surface area contributed by atoms with Crippen molar-refractivity contribution in [1.29, 1.82) is 0 Å². The second kappa shape index (κ2) is 3.16. The van der Waals surface area contributed by atoms with E-state index in [0.717, 1.165) is 5.75 Å². The van der Waals surface area contributed by atoms with Crippen LogP contribution in [0.5, 0.6) is 0 Å². The Morgan fingerprint density at radius 1 is 1.42 bits per heavy atom. The van der Waals surface area contributed by atoms with Gasteiger partial charge in [0.15, 0.2) is 6.29 Å². The molecule has 5 heteroatoms. The molecule has 0 saturated carbocycles. The highest BCUT2D eigenvalue weighted by Gasteiger charge is 2.49. The smallest absolute Gasteiger partial charge is 0.172 e. The van der Waals surface area contributed by atoms with Crippen LogP contribution in [-0.4, -0.2) is 52.9 Å². The molecule has 0 amide bonds. The Morgan fingerprint density at radius 2 is 2.17 bits per heavy atom. The van der Waals surface area contributed by atoms with E-state index >= 15 is 0 Å². The minimum atomic E-state index is -0.748. The molecule has 3 aliphatic rings. The molecule has 0 aromatic rings. The maximum Gasteiger partial charge on any atom is 0.172 e. The molecule has 4 nitrogen and oxygen atoms in total.